The van der Waals surface area contributed by atoms with Crippen LogP contribution in [0.4, 0.5) is 10.1 Å². The van der Waals surface area contributed by atoms with Crippen LogP contribution in [0.2, 0.25) is 0 Å². The molecule has 1 aromatic carbocycles. The molecular weight excluding hydrogens is 283 g/mol. The van der Waals surface area contributed by atoms with Crippen molar-refractivity contribution in [3.8, 4) is 0 Å². The number of carbonyl (C=O) groups is 2. The van der Waals surface area contributed by atoms with E-state index in [-0.39, 0.29) is 11.5 Å². The molecule has 0 radical (unpaired) electrons. The molecule has 0 saturated carbocycles. The van der Waals surface area contributed by atoms with Crippen molar-refractivity contribution < 1.29 is 23.6 Å². The van der Waals surface area contributed by atoms with Gasteiger partial charge in [-0.3, -0.25) is 14.9 Å². The number of nitro groups is 1. The number of hydrogen-bond donors (Lipinski definition) is 1. The van der Waals surface area contributed by atoms with Crippen molar-refractivity contribution in [3.05, 3.63) is 39.7 Å². The van der Waals surface area contributed by atoms with Gasteiger partial charge in [0.1, 0.15) is 6.04 Å². The molecule has 1 amide bonds. The van der Waals surface area contributed by atoms with Gasteiger partial charge in [0, 0.05) is 11.6 Å². The normalized spacial score (nSPS) is 11.9. The van der Waals surface area contributed by atoms with Gasteiger partial charge in [0.2, 0.25) is 5.82 Å². The van der Waals surface area contributed by atoms with Crippen molar-refractivity contribution in [2.45, 2.75) is 19.9 Å². The lowest BCUT2D eigenvalue weighted by Gasteiger charge is -2.19. The van der Waals surface area contributed by atoms with Crippen LogP contribution in [-0.4, -0.2) is 30.0 Å². The van der Waals surface area contributed by atoms with Crippen molar-refractivity contribution in [2.75, 3.05) is 7.11 Å². The number of hydrogen-bond acceptors (Lipinski definition) is 5. The lowest BCUT2D eigenvalue weighted by molar-refractivity contribution is -0.387. The third-order valence-electron chi connectivity index (χ3n) is 2.81. The van der Waals surface area contributed by atoms with E-state index in [2.05, 4.69) is 10.1 Å². The molecule has 0 aliphatic carbocycles. The quantitative estimate of drug-likeness (QED) is 0.506. The molecule has 1 atom stereocenters. The van der Waals surface area contributed by atoms with Crippen LogP contribution < -0.4 is 5.32 Å². The molecule has 1 aromatic rings. The summed E-state index contributed by atoms with van der Waals surface area (Å²) in [5, 5.41) is 12.9. The Labute approximate surface area is 120 Å². The van der Waals surface area contributed by atoms with E-state index in [4.69, 9.17) is 0 Å². The average Bonchev–Trinajstić information content (AvgIpc) is 2.42. The molecule has 8 heteroatoms. The summed E-state index contributed by atoms with van der Waals surface area (Å²) in [6.45, 7) is 3.41. The number of nitrogens with one attached hydrogen (secondary N) is 1. The summed E-state index contributed by atoms with van der Waals surface area (Å²) in [4.78, 5) is 33.1. The van der Waals surface area contributed by atoms with Crippen molar-refractivity contribution in [1.82, 2.24) is 5.32 Å². The van der Waals surface area contributed by atoms with Crippen LogP contribution in [0.1, 0.15) is 24.2 Å². The number of benzene rings is 1. The Morgan fingerprint density at radius 1 is 1.38 bits per heavy atom. The largest absolute Gasteiger partial charge is 0.467 e. The van der Waals surface area contributed by atoms with Crippen molar-refractivity contribution in [1.29, 1.82) is 0 Å². The second-order valence-electron chi connectivity index (χ2n) is 4.64. The van der Waals surface area contributed by atoms with Crippen LogP contribution in [0.5, 0.6) is 0 Å². The molecule has 0 aliphatic heterocycles. The third kappa shape index (κ3) is 3.98. The Bertz CT molecular complexity index is 574. The molecule has 114 valence electrons. The van der Waals surface area contributed by atoms with E-state index in [1.165, 1.54) is 7.11 Å². The fourth-order valence-electron chi connectivity index (χ4n) is 1.65. The Morgan fingerprint density at radius 3 is 2.43 bits per heavy atom. The molecule has 0 fully saturated rings. The summed E-state index contributed by atoms with van der Waals surface area (Å²) < 4.78 is 18.0. The highest BCUT2D eigenvalue weighted by atomic mass is 19.1. The van der Waals surface area contributed by atoms with E-state index in [1.807, 2.05) is 0 Å². The van der Waals surface area contributed by atoms with Crippen LogP contribution in [0.3, 0.4) is 0 Å². The number of ether oxygens (including phenoxy) is 1. The van der Waals surface area contributed by atoms with Gasteiger partial charge in [-0.15, -0.1) is 0 Å². The number of esters is 1. The summed E-state index contributed by atoms with van der Waals surface area (Å²) in [5.41, 5.74) is -0.840. The molecule has 0 aromatic heterocycles. The van der Waals surface area contributed by atoms with Gasteiger partial charge in [0.15, 0.2) is 0 Å². The molecule has 7 nitrogen and oxygen atoms in total. The Hall–Kier alpha value is -2.51. The van der Waals surface area contributed by atoms with E-state index in [0.29, 0.717) is 0 Å². The summed E-state index contributed by atoms with van der Waals surface area (Å²) >= 11 is 0. The Morgan fingerprint density at radius 2 is 2.00 bits per heavy atom. The maximum Gasteiger partial charge on any atom is 0.328 e. The van der Waals surface area contributed by atoms with Crippen LogP contribution in [0.15, 0.2) is 18.2 Å². The molecule has 0 bridgehead atoms. The number of rotatable bonds is 5. The van der Waals surface area contributed by atoms with Gasteiger partial charge in [-0.05, 0) is 18.1 Å². The highest BCUT2D eigenvalue weighted by Crippen LogP contribution is 2.18. The smallest absolute Gasteiger partial charge is 0.328 e. The van der Waals surface area contributed by atoms with E-state index >= 15 is 0 Å². The molecule has 0 spiro atoms. The van der Waals surface area contributed by atoms with E-state index in [9.17, 15) is 24.1 Å². The fourth-order valence-corrected chi connectivity index (χ4v) is 1.65. The monoisotopic (exact) mass is 298 g/mol. The SMILES string of the molecule is COC(=O)[C@@H](NC(=O)c1ccc([N+](=O)[O-])c(F)c1)C(C)C. The van der Waals surface area contributed by atoms with Gasteiger partial charge in [0.05, 0.1) is 12.0 Å². The molecule has 0 saturated heterocycles. The minimum Gasteiger partial charge on any atom is -0.467 e. The molecule has 0 unspecified atom stereocenters. The van der Waals surface area contributed by atoms with Gasteiger partial charge >= 0.3 is 11.7 Å². The van der Waals surface area contributed by atoms with Crippen molar-refractivity contribution >= 4 is 17.6 Å². The molecule has 1 N–H and O–H groups in total. The van der Waals surface area contributed by atoms with Crippen LogP contribution in [-0.2, 0) is 9.53 Å². The zero-order valence-electron chi connectivity index (χ0n) is 11.8. The average molecular weight is 298 g/mol. The first-order chi connectivity index (χ1) is 9.77. The molecule has 21 heavy (non-hydrogen) atoms. The van der Waals surface area contributed by atoms with E-state index < -0.39 is 34.3 Å². The third-order valence-corrected chi connectivity index (χ3v) is 2.81. The number of amides is 1. The highest BCUT2D eigenvalue weighted by molar-refractivity contribution is 5.97. The van der Waals surface area contributed by atoms with Crippen LogP contribution >= 0.6 is 0 Å². The number of carbonyl (C=O) groups excluding carboxylic acids is 2. The predicted octanol–water partition coefficient (Wildman–Crippen LogP) is 1.66. The summed E-state index contributed by atoms with van der Waals surface area (Å²) in [7, 11) is 1.19. The van der Waals surface area contributed by atoms with Crippen LogP contribution in [0.25, 0.3) is 0 Å². The standard InChI is InChI=1S/C13H15FN2O5/c1-7(2)11(13(18)21-3)15-12(17)8-4-5-10(16(19)20)9(14)6-8/h4-7,11H,1-3H3,(H,15,17)/t11-/m0/s1. The van der Waals surface area contributed by atoms with E-state index in [0.717, 1.165) is 18.2 Å². The van der Waals surface area contributed by atoms with Gasteiger partial charge < -0.3 is 10.1 Å². The molecule has 0 aliphatic rings. The minimum atomic E-state index is -1.12. The summed E-state index contributed by atoms with van der Waals surface area (Å²) in [6, 6.07) is 1.88. The topological polar surface area (TPSA) is 98.5 Å². The second-order valence-corrected chi connectivity index (χ2v) is 4.64. The van der Waals surface area contributed by atoms with E-state index in [1.54, 1.807) is 13.8 Å². The number of halogens is 1. The number of methoxy groups -OCH3 is 1. The van der Waals surface area contributed by atoms with Crippen molar-refractivity contribution in [2.24, 2.45) is 5.92 Å². The number of nitrogens with zero attached hydrogens (tertiary/aromatic N) is 1. The van der Waals surface area contributed by atoms with Crippen LogP contribution in [0, 0.1) is 21.8 Å². The second kappa shape index (κ2) is 6.78. The van der Waals surface area contributed by atoms with Gasteiger partial charge in [-0.25, -0.2) is 4.79 Å². The maximum atomic E-state index is 13.5. The van der Waals surface area contributed by atoms with Gasteiger partial charge in [-0.2, -0.15) is 4.39 Å². The first kappa shape index (κ1) is 16.5. The predicted molar refractivity (Wildman–Crippen MR) is 71.2 cm³/mol. The first-order valence-electron chi connectivity index (χ1n) is 6.10. The highest BCUT2D eigenvalue weighted by Gasteiger charge is 2.26. The minimum absolute atomic E-state index is 0.118. The molecule has 0 heterocycles. The molecule has 1 rings (SSSR count). The van der Waals surface area contributed by atoms with Gasteiger partial charge in [-0.1, -0.05) is 13.8 Å². The maximum absolute atomic E-state index is 13.5. The molecular formula is C13H15FN2O5. The first-order valence-corrected chi connectivity index (χ1v) is 6.10. The zero-order valence-corrected chi connectivity index (χ0v) is 11.8. The zero-order chi connectivity index (χ0) is 16.2. The summed E-state index contributed by atoms with van der Waals surface area (Å²) in [6.07, 6.45) is 0. The van der Waals surface area contributed by atoms with Gasteiger partial charge in [0.25, 0.3) is 5.91 Å². The van der Waals surface area contributed by atoms with Crippen molar-refractivity contribution in [3.63, 3.8) is 0 Å². The number of nitro benzene ring substituents is 1. The Balaban J connectivity index is 2.96. The lowest BCUT2D eigenvalue weighted by atomic mass is 10.0. The summed E-state index contributed by atoms with van der Waals surface area (Å²) in [5.74, 6) is -2.69. The lowest BCUT2D eigenvalue weighted by Crippen LogP contribution is -2.45. The fraction of sp³-hybridized carbons (Fsp3) is 0.385. The Kier molecular flexibility index (Phi) is 5.34.